The third-order valence-electron chi connectivity index (χ3n) is 6.43. The molecule has 0 bridgehead atoms. The quantitative estimate of drug-likeness (QED) is 0.294. The molecule has 35 heavy (non-hydrogen) atoms. The van der Waals surface area contributed by atoms with Gasteiger partial charge in [-0.05, 0) is 0 Å². The number of carbonyl (C=O) groups is 1. The summed E-state index contributed by atoms with van der Waals surface area (Å²) in [6.45, 7) is 0.256. The molecule has 180 valence electrons. The predicted molar refractivity (Wildman–Crippen MR) is 140 cm³/mol. The van der Waals surface area contributed by atoms with Crippen LogP contribution < -0.4 is 20.8 Å². The van der Waals surface area contributed by atoms with Crippen molar-refractivity contribution in [2.45, 2.75) is 18.3 Å². The number of hydrogen-bond acceptors (Lipinski definition) is 4. The van der Waals surface area contributed by atoms with Crippen LogP contribution >= 0.6 is 32.1 Å². The molecular weight excluding hydrogens is 558 g/mol. The summed E-state index contributed by atoms with van der Waals surface area (Å²) in [6, 6.07) is 29.6. The Labute approximate surface area is 212 Å². The standard InChI is InChI=1S/C25H20BrF3N3OPS/c26-34(18-10-4-1-5-11-18,19-12-6-2-7-13-19,20-14-8-3-9-15-20)21-16-17-32(22(21)33)24-31-30-23(35-24)25(27,28)29/h1-15,21H,16-17H2. The second-order valence-corrected chi connectivity index (χ2v) is 18.0. The van der Waals surface area contributed by atoms with Gasteiger partial charge < -0.3 is 0 Å². The number of aromatic nitrogens is 2. The maximum atomic E-state index is 14.1. The van der Waals surface area contributed by atoms with E-state index in [2.05, 4.69) is 25.7 Å². The van der Waals surface area contributed by atoms with E-state index in [9.17, 15) is 18.0 Å². The normalized spacial score (nSPS) is 17.8. The van der Waals surface area contributed by atoms with E-state index in [1.165, 1.54) is 4.90 Å². The third-order valence-corrected chi connectivity index (χ3v) is 18.2. The zero-order valence-electron chi connectivity index (χ0n) is 18.3. The molecular formula is C25H20BrF3N3OPS. The number of amides is 1. The average Bonchev–Trinajstić information content (AvgIpc) is 3.53. The van der Waals surface area contributed by atoms with Crippen molar-refractivity contribution >= 4 is 59.1 Å². The van der Waals surface area contributed by atoms with Crippen LogP contribution in [0.3, 0.4) is 0 Å². The maximum absolute atomic E-state index is 14.1. The van der Waals surface area contributed by atoms with Crippen molar-refractivity contribution in [2.24, 2.45) is 0 Å². The van der Waals surface area contributed by atoms with Gasteiger partial charge in [-0.25, -0.2) is 0 Å². The third kappa shape index (κ3) is 3.72. The molecule has 0 spiro atoms. The molecule has 0 aliphatic carbocycles. The van der Waals surface area contributed by atoms with Crippen LogP contribution in [-0.2, 0) is 11.0 Å². The summed E-state index contributed by atoms with van der Waals surface area (Å²) in [6.07, 6.45) is -4.16. The van der Waals surface area contributed by atoms with Crippen molar-refractivity contribution in [3.8, 4) is 0 Å². The number of alkyl halides is 3. The van der Waals surface area contributed by atoms with E-state index in [0.717, 1.165) is 15.9 Å². The van der Waals surface area contributed by atoms with Gasteiger partial charge in [-0.1, -0.05) is 0 Å². The second kappa shape index (κ2) is 8.80. The molecule has 3 aromatic carbocycles. The van der Waals surface area contributed by atoms with E-state index >= 15 is 0 Å². The molecule has 4 nitrogen and oxygen atoms in total. The minimum atomic E-state index is -4.61. The second-order valence-electron chi connectivity index (χ2n) is 8.26. The molecule has 10 heteroatoms. The first-order chi connectivity index (χ1) is 16.7. The van der Waals surface area contributed by atoms with Gasteiger partial charge in [0.2, 0.25) is 0 Å². The Hall–Kier alpha value is -2.61. The van der Waals surface area contributed by atoms with Crippen LogP contribution in [0.15, 0.2) is 91.0 Å². The van der Waals surface area contributed by atoms with E-state index in [1.807, 2.05) is 91.0 Å². The number of benzene rings is 3. The van der Waals surface area contributed by atoms with Gasteiger partial charge in [0.15, 0.2) is 0 Å². The van der Waals surface area contributed by atoms with Gasteiger partial charge >= 0.3 is 213 Å². The molecule has 4 aromatic rings. The van der Waals surface area contributed by atoms with Crippen LogP contribution in [0.25, 0.3) is 0 Å². The van der Waals surface area contributed by atoms with Gasteiger partial charge in [0.1, 0.15) is 0 Å². The molecule has 1 aliphatic heterocycles. The molecule has 2 heterocycles. The van der Waals surface area contributed by atoms with Crippen LogP contribution in [0.2, 0.25) is 0 Å². The molecule has 1 unspecified atom stereocenters. The molecule has 1 aromatic heterocycles. The summed E-state index contributed by atoms with van der Waals surface area (Å²) in [4.78, 5) is 15.5. The molecule has 1 atom stereocenters. The minimum absolute atomic E-state index is 0.0310. The summed E-state index contributed by atoms with van der Waals surface area (Å²) in [5.41, 5.74) is -0.550. The molecule has 5 rings (SSSR count). The number of nitrogens with zero attached hydrogens (tertiary/aromatic N) is 3. The fourth-order valence-corrected chi connectivity index (χ4v) is 14.3. The first-order valence-electron chi connectivity index (χ1n) is 10.9. The Kier molecular flexibility index (Phi) is 6.06. The number of carbonyl (C=O) groups excluding carboxylic acids is 1. The fraction of sp³-hybridized carbons (Fsp3) is 0.160. The van der Waals surface area contributed by atoms with E-state index in [-0.39, 0.29) is 17.6 Å². The fourth-order valence-electron chi connectivity index (χ4n) is 4.89. The van der Waals surface area contributed by atoms with E-state index in [0.29, 0.717) is 17.8 Å². The monoisotopic (exact) mass is 577 g/mol. The number of rotatable bonds is 5. The van der Waals surface area contributed by atoms with Gasteiger partial charge in [-0.15, -0.1) is 0 Å². The molecule has 1 saturated heterocycles. The van der Waals surface area contributed by atoms with Crippen molar-refractivity contribution in [2.75, 3.05) is 11.4 Å². The summed E-state index contributed by atoms with van der Waals surface area (Å²) in [5.74, 6) is -0.263. The Bertz CT molecular complexity index is 1250. The van der Waals surface area contributed by atoms with Gasteiger partial charge in [0, 0.05) is 0 Å². The zero-order chi connectivity index (χ0) is 24.7. The Morgan fingerprint density at radius 3 is 1.69 bits per heavy atom. The predicted octanol–water partition coefficient (Wildman–Crippen LogP) is 5.50. The van der Waals surface area contributed by atoms with Crippen LogP contribution in [0.1, 0.15) is 11.4 Å². The van der Waals surface area contributed by atoms with Crippen molar-refractivity contribution < 1.29 is 18.0 Å². The van der Waals surface area contributed by atoms with Crippen molar-refractivity contribution in [1.29, 1.82) is 0 Å². The van der Waals surface area contributed by atoms with E-state index in [1.54, 1.807) is 0 Å². The Morgan fingerprint density at radius 1 is 0.829 bits per heavy atom. The van der Waals surface area contributed by atoms with Gasteiger partial charge in [-0.2, -0.15) is 0 Å². The topological polar surface area (TPSA) is 46.1 Å². The summed E-state index contributed by atoms with van der Waals surface area (Å²) >= 11 is 4.69. The van der Waals surface area contributed by atoms with Crippen LogP contribution in [0, 0.1) is 0 Å². The van der Waals surface area contributed by atoms with Crippen LogP contribution in [0.5, 0.6) is 0 Å². The number of anilines is 1. The average molecular weight is 578 g/mol. The van der Waals surface area contributed by atoms with Gasteiger partial charge in [0.05, 0.1) is 0 Å². The summed E-state index contributed by atoms with van der Waals surface area (Å²) in [7, 11) is 0. The van der Waals surface area contributed by atoms with E-state index in [4.69, 9.17) is 0 Å². The summed E-state index contributed by atoms with van der Waals surface area (Å²) < 4.78 is 39.5. The molecule has 0 N–H and O–H groups in total. The number of halogens is 4. The number of hydrogen-bond donors (Lipinski definition) is 0. The van der Waals surface area contributed by atoms with Crippen molar-refractivity contribution in [3.63, 3.8) is 0 Å². The molecule has 0 saturated carbocycles. The Morgan fingerprint density at radius 2 is 1.29 bits per heavy atom. The Balaban J connectivity index is 1.73. The first-order valence-corrected chi connectivity index (χ1v) is 16.0. The van der Waals surface area contributed by atoms with Crippen molar-refractivity contribution in [3.05, 3.63) is 96.0 Å². The van der Waals surface area contributed by atoms with Crippen LogP contribution in [-0.4, -0.2) is 28.3 Å². The molecule has 1 aliphatic rings. The first kappa shape index (κ1) is 24.1. The molecule has 0 radical (unpaired) electrons. The van der Waals surface area contributed by atoms with E-state index < -0.39 is 22.1 Å². The summed E-state index contributed by atoms with van der Waals surface area (Å²) in [5, 5.41) is 5.23. The van der Waals surface area contributed by atoms with Crippen molar-refractivity contribution in [1.82, 2.24) is 10.2 Å². The van der Waals surface area contributed by atoms with Gasteiger partial charge in [0.25, 0.3) is 0 Å². The van der Waals surface area contributed by atoms with Crippen LogP contribution in [0.4, 0.5) is 18.3 Å². The zero-order valence-corrected chi connectivity index (χ0v) is 21.6. The molecule has 1 fully saturated rings. The SMILES string of the molecule is O=C1C(P(Br)(c2ccccc2)(c2ccccc2)c2ccccc2)CCN1c1nnc(C(F)(F)F)s1. The molecule has 1 amide bonds. The van der Waals surface area contributed by atoms with Gasteiger partial charge in [-0.3, -0.25) is 0 Å².